The van der Waals surface area contributed by atoms with Crippen LogP contribution in [-0.4, -0.2) is 22.9 Å². The van der Waals surface area contributed by atoms with Crippen molar-refractivity contribution < 1.29 is 14.6 Å². The van der Waals surface area contributed by atoms with Crippen LogP contribution in [0.3, 0.4) is 0 Å². The van der Waals surface area contributed by atoms with E-state index in [1.54, 1.807) is 12.1 Å². The summed E-state index contributed by atoms with van der Waals surface area (Å²) in [6.07, 6.45) is 3.94. The van der Waals surface area contributed by atoms with E-state index in [-0.39, 0.29) is 17.8 Å². The Morgan fingerprint density at radius 3 is 2.83 bits per heavy atom. The van der Waals surface area contributed by atoms with E-state index in [1.165, 1.54) is 6.07 Å². The van der Waals surface area contributed by atoms with E-state index >= 15 is 0 Å². The number of nitrogens with one attached hydrogen (secondary N) is 1. The zero-order valence-electron chi connectivity index (χ0n) is 10.4. The predicted octanol–water partition coefficient (Wildman–Crippen LogP) is 2.17. The van der Waals surface area contributed by atoms with Crippen LogP contribution in [0.2, 0.25) is 0 Å². The Kier molecular flexibility index (Phi) is 4.55. The van der Waals surface area contributed by atoms with Crippen molar-refractivity contribution in [2.24, 2.45) is 5.92 Å². The number of rotatable bonds is 4. The molecule has 1 aliphatic carbocycles. The first-order chi connectivity index (χ1) is 8.68. The monoisotopic (exact) mass is 253 g/mol. The first kappa shape index (κ1) is 13.3. The van der Waals surface area contributed by atoms with Crippen LogP contribution in [0.15, 0.2) is 18.2 Å². The molecule has 0 aliphatic heterocycles. The Morgan fingerprint density at radius 2 is 2.06 bits per heavy atom. The lowest BCUT2D eigenvalue weighted by molar-refractivity contribution is 0.0695. The van der Waals surface area contributed by atoms with Crippen LogP contribution in [0.4, 0.5) is 4.39 Å². The molecule has 0 amide bonds. The molecule has 3 nitrogen and oxygen atoms in total. The van der Waals surface area contributed by atoms with Crippen molar-refractivity contribution in [2.75, 3.05) is 6.54 Å². The first-order valence-corrected chi connectivity index (χ1v) is 6.53. The molecular formula is C14H20FNO2. The predicted molar refractivity (Wildman–Crippen MR) is 67.7 cm³/mol. The van der Waals surface area contributed by atoms with Crippen LogP contribution in [0.5, 0.6) is 5.75 Å². The standard InChI is InChI=1S/C14H20FNO2/c15-12-6-3-5-11(14(12)18)9-16-8-10-4-1-2-7-13(10)17/h3,5-6,10,13,16-18H,1-2,4,7-9H2. The van der Waals surface area contributed by atoms with Gasteiger partial charge >= 0.3 is 0 Å². The molecule has 3 N–H and O–H groups in total. The smallest absolute Gasteiger partial charge is 0.165 e. The summed E-state index contributed by atoms with van der Waals surface area (Å²) >= 11 is 0. The second-order valence-electron chi connectivity index (χ2n) is 4.99. The largest absolute Gasteiger partial charge is 0.505 e. The maximum absolute atomic E-state index is 13.1. The molecule has 0 aromatic heterocycles. The van der Waals surface area contributed by atoms with Gasteiger partial charge in [0, 0.05) is 18.7 Å². The summed E-state index contributed by atoms with van der Waals surface area (Å²) in [4.78, 5) is 0. The van der Waals surface area contributed by atoms with Crippen LogP contribution in [0.1, 0.15) is 31.2 Å². The molecule has 0 spiro atoms. The number of aliphatic hydroxyl groups is 1. The molecule has 100 valence electrons. The Hall–Kier alpha value is -1.13. The van der Waals surface area contributed by atoms with Gasteiger partial charge in [0.05, 0.1) is 6.10 Å². The van der Waals surface area contributed by atoms with E-state index in [2.05, 4.69) is 5.32 Å². The number of para-hydroxylation sites is 1. The van der Waals surface area contributed by atoms with Crippen LogP contribution < -0.4 is 5.32 Å². The molecule has 0 bridgehead atoms. The van der Waals surface area contributed by atoms with Crippen molar-refractivity contribution in [3.63, 3.8) is 0 Å². The van der Waals surface area contributed by atoms with E-state index in [0.29, 0.717) is 18.7 Å². The molecular weight excluding hydrogens is 233 g/mol. The van der Waals surface area contributed by atoms with Gasteiger partial charge in [-0.3, -0.25) is 0 Å². The van der Waals surface area contributed by atoms with Crippen LogP contribution in [-0.2, 0) is 6.54 Å². The van der Waals surface area contributed by atoms with Gasteiger partial charge in [-0.25, -0.2) is 4.39 Å². The van der Waals surface area contributed by atoms with Crippen molar-refractivity contribution in [2.45, 2.75) is 38.3 Å². The summed E-state index contributed by atoms with van der Waals surface area (Å²) in [5.41, 5.74) is 0.556. The van der Waals surface area contributed by atoms with Gasteiger partial charge in [0.1, 0.15) is 0 Å². The zero-order valence-corrected chi connectivity index (χ0v) is 10.4. The molecule has 1 aromatic carbocycles. The van der Waals surface area contributed by atoms with Crippen LogP contribution in [0.25, 0.3) is 0 Å². The minimum atomic E-state index is -0.591. The van der Waals surface area contributed by atoms with Gasteiger partial charge in [0.15, 0.2) is 11.6 Å². The highest BCUT2D eigenvalue weighted by molar-refractivity contribution is 5.33. The third-order valence-corrected chi connectivity index (χ3v) is 3.66. The normalized spacial score (nSPS) is 24.1. The second kappa shape index (κ2) is 6.16. The Labute approximate surface area is 107 Å². The molecule has 2 unspecified atom stereocenters. The molecule has 1 aliphatic rings. The number of phenols is 1. The quantitative estimate of drug-likeness (QED) is 0.771. The molecule has 1 saturated carbocycles. The van der Waals surface area contributed by atoms with Gasteiger partial charge in [0.2, 0.25) is 0 Å². The molecule has 0 radical (unpaired) electrons. The van der Waals surface area contributed by atoms with Gasteiger partial charge in [-0.15, -0.1) is 0 Å². The van der Waals surface area contributed by atoms with Crippen molar-refractivity contribution in [1.82, 2.24) is 5.32 Å². The van der Waals surface area contributed by atoms with Gasteiger partial charge in [-0.1, -0.05) is 25.0 Å². The van der Waals surface area contributed by atoms with Crippen molar-refractivity contribution in [1.29, 1.82) is 0 Å². The summed E-state index contributed by atoms with van der Waals surface area (Å²) in [5.74, 6) is -0.601. The topological polar surface area (TPSA) is 52.5 Å². The summed E-state index contributed by atoms with van der Waals surface area (Å²) < 4.78 is 13.1. The van der Waals surface area contributed by atoms with E-state index < -0.39 is 5.82 Å². The number of aromatic hydroxyl groups is 1. The Balaban J connectivity index is 1.83. The first-order valence-electron chi connectivity index (χ1n) is 6.53. The fraction of sp³-hybridized carbons (Fsp3) is 0.571. The van der Waals surface area contributed by atoms with E-state index in [0.717, 1.165) is 25.7 Å². The Bertz CT molecular complexity index is 397. The number of halogens is 1. The number of aliphatic hydroxyl groups excluding tert-OH is 1. The highest BCUT2D eigenvalue weighted by Gasteiger charge is 2.22. The minimum absolute atomic E-state index is 0.229. The third kappa shape index (κ3) is 3.21. The molecule has 2 atom stereocenters. The summed E-state index contributed by atoms with van der Waals surface area (Å²) in [5, 5.41) is 22.5. The van der Waals surface area contributed by atoms with Gasteiger partial charge in [-0.05, 0) is 24.8 Å². The van der Waals surface area contributed by atoms with Gasteiger partial charge in [-0.2, -0.15) is 0 Å². The SMILES string of the molecule is Oc1c(F)cccc1CNCC1CCCCC1O. The highest BCUT2D eigenvalue weighted by atomic mass is 19.1. The summed E-state index contributed by atoms with van der Waals surface area (Å²) in [6.45, 7) is 1.13. The average Bonchev–Trinajstić information content (AvgIpc) is 2.37. The molecule has 4 heteroatoms. The van der Waals surface area contributed by atoms with Crippen molar-refractivity contribution in [3.8, 4) is 5.75 Å². The van der Waals surface area contributed by atoms with Gasteiger partial charge in [0.25, 0.3) is 0 Å². The lowest BCUT2D eigenvalue weighted by Crippen LogP contribution is -2.33. The lowest BCUT2D eigenvalue weighted by atomic mass is 9.86. The summed E-state index contributed by atoms with van der Waals surface area (Å²) in [7, 11) is 0. The fourth-order valence-electron chi connectivity index (χ4n) is 2.52. The molecule has 1 aromatic rings. The highest BCUT2D eigenvalue weighted by Crippen LogP contribution is 2.24. The van der Waals surface area contributed by atoms with Crippen LogP contribution >= 0.6 is 0 Å². The fourth-order valence-corrected chi connectivity index (χ4v) is 2.52. The Morgan fingerprint density at radius 1 is 1.28 bits per heavy atom. The van der Waals surface area contributed by atoms with E-state index in [1.807, 2.05) is 0 Å². The molecule has 0 saturated heterocycles. The number of benzene rings is 1. The maximum atomic E-state index is 13.1. The lowest BCUT2D eigenvalue weighted by Gasteiger charge is -2.27. The minimum Gasteiger partial charge on any atom is -0.505 e. The zero-order chi connectivity index (χ0) is 13.0. The third-order valence-electron chi connectivity index (χ3n) is 3.66. The number of phenolic OH excluding ortho intramolecular Hbond substituents is 1. The number of hydrogen-bond acceptors (Lipinski definition) is 3. The average molecular weight is 253 g/mol. The summed E-state index contributed by atoms with van der Waals surface area (Å²) in [6, 6.07) is 4.52. The van der Waals surface area contributed by atoms with E-state index in [9.17, 15) is 14.6 Å². The van der Waals surface area contributed by atoms with Gasteiger partial charge < -0.3 is 15.5 Å². The second-order valence-corrected chi connectivity index (χ2v) is 4.99. The maximum Gasteiger partial charge on any atom is 0.165 e. The van der Waals surface area contributed by atoms with E-state index in [4.69, 9.17) is 0 Å². The molecule has 18 heavy (non-hydrogen) atoms. The van der Waals surface area contributed by atoms with Crippen molar-refractivity contribution >= 4 is 0 Å². The van der Waals surface area contributed by atoms with Crippen molar-refractivity contribution in [3.05, 3.63) is 29.6 Å². The molecule has 2 rings (SSSR count). The molecule has 1 fully saturated rings. The van der Waals surface area contributed by atoms with Crippen LogP contribution in [0, 0.1) is 11.7 Å². The molecule has 0 heterocycles. The number of hydrogen-bond donors (Lipinski definition) is 3.